The molecule has 0 N–H and O–H groups in total. The van der Waals surface area contributed by atoms with Crippen molar-refractivity contribution in [2.24, 2.45) is 0 Å². The van der Waals surface area contributed by atoms with Crippen molar-refractivity contribution < 1.29 is 0 Å². The Balaban J connectivity index is 0.976. The molecule has 0 unspecified atom stereocenters. The highest BCUT2D eigenvalue weighted by Gasteiger charge is 2.14. The highest BCUT2D eigenvalue weighted by atomic mass is 14.9. The predicted octanol–water partition coefficient (Wildman–Crippen LogP) is 16.5. The lowest BCUT2D eigenvalue weighted by atomic mass is 9.91. The van der Waals surface area contributed by atoms with Crippen molar-refractivity contribution in [2.75, 3.05) is 0 Å². The van der Waals surface area contributed by atoms with Gasteiger partial charge in [-0.15, -0.1) is 0 Å². The monoisotopic (exact) mass is 841 g/mol. The van der Waals surface area contributed by atoms with Crippen molar-refractivity contribution >= 4 is 0 Å². The van der Waals surface area contributed by atoms with E-state index in [2.05, 4.69) is 212 Å². The number of hydrogen-bond acceptors (Lipinski definition) is 3. The maximum Gasteiger partial charge on any atom is 0.160 e. The van der Waals surface area contributed by atoms with Gasteiger partial charge in [-0.05, 0) is 92.0 Å². The minimum Gasteiger partial charge on any atom is -0.248 e. The molecule has 0 aliphatic heterocycles. The van der Waals surface area contributed by atoms with Crippen LogP contribution < -0.4 is 0 Å². The first kappa shape index (κ1) is 40.0. The molecule has 0 aliphatic carbocycles. The third kappa shape index (κ3) is 8.62. The van der Waals surface area contributed by atoms with Crippen LogP contribution in [0.3, 0.4) is 0 Å². The van der Waals surface area contributed by atoms with Crippen molar-refractivity contribution in [3.8, 4) is 112 Å². The van der Waals surface area contributed by atoms with Crippen LogP contribution in [0.2, 0.25) is 0 Å². The second kappa shape index (κ2) is 18.1. The molecule has 0 radical (unpaired) electrons. The fraction of sp³-hybridized carbons (Fsp3) is 0. The Bertz CT molecular complexity index is 3090. The quantitative estimate of drug-likeness (QED) is 0.138. The van der Waals surface area contributed by atoms with Crippen LogP contribution >= 0.6 is 0 Å². The van der Waals surface area contributed by atoms with Gasteiger partial charge in [-0.25, -0.2) is 15.0 Å². The molecule has 9 aromatic carbocycles. The van der Waals surface area contributed by atoms with Gasteiger partial charge in [-0.2, -0.15) is 0 Å². The topological polar surface area (TPSA) is 38.7 Å². The molecule has 0 amide bonds. The summed E-state index contributed by atoms with van der Waals surface area (Å²) >= 11 is 0. The molecule has 3 heteroatoms. The van der Waals surface area contributed by atoms with E-state index in [1.807, 2.05) is 48.5 Å². The molecular weight excluding hydrogens is 799 g/mol. The van der Waals surface area contributed by atoms with E-state index in [-0.39, 0.29) is 0 Å². The first-order chi connectivity index (χ1) is 32.7. The molecule has 3 nitrogen and oxygen atoms in total. The number of aromatic nitrogens is 3. The number of pyridine rings is 1. The van der Waals surface area contributed by atoms with Gasteiger partial charge in [-0.1, -0.05) is 224 Å². The number of rotatable bonds is 10. The van der Waals surface area contributed by atoms with E-state index < -0.39 is 0 Å². The molecule has 2 heterocycles. The fourth-order valence-corrected chi connectivity index (χ4v) is 8.58. The molecule has 0 saturated heterocycles. The molecule has 0 bridgehead atoms. The fourth-order valence-electron chi connectivity index (χ4n) is 8.58. The standard InChI is InChI=1S/C63H43N3/c1-6-16-44(17-7-1)45-26-28-46(29-27-45)55-38-56(47-30-32-49(33-31-47)58-41-59(50-18-8-2-9-19-50)64-60(42-58)51-20-10-3-11-21-51)40-57(39-55)48-34-36-53(37-35-48)62-43-61(52-22-12-4-13-23-52)65-63(66-62)54-24-14-5-15-25-54/h1-43H. The third-order valence-corrected chi connectivity index (χ3v) is 12.1. The first-order valence-corrected chi connectivity index (χ1v) is 22.3. The largest absolute Gasteiger partial charge is 0.248 e. The molecule has 11 rings (SSSR count). The molecular formula is C63H43N3. The summed E-state index contributed by atoms with van der Waals surface area (Å²) < 4.78 is 0. The van der Waals surface area contributed by atoms with Crippen LogP contribution in [0.1, 0.15) is 0 Å². The van der Waals surface area contributed by atoms with Gasteiger partial charge < -0.3 is 0 Å². The lowest BCUT2D eigenvalue weighted by Gasteiger charge is -2.14. The molecule has 11 aromatic rings. The summed E-state index contributed by atoms with van der Waals surface area (Å²) in [5, 5.41) is 0. The van der Waals surface area contributed by atoms with Crippen molar-refractivity contribution in [2.45, 2.75) is 0 Å². The van der Waals surface area contributed by atoms with Crippen molar-refractivity contribution in [3.05, 3.63) is 261 Å². The summed E-state index contributed by atoms with van der Waals surface area (Å²) in [4.78, 5) is 15.2. The summed E-state index contributed by atoms with van der Waals surface area (Å²) in [6, 6.07) is 92.0. The summed E-state index contributed by atoms with van der Waals surface area (Å²) in [5.41, 5.74) is 20.4. The second-order valence-corrected chi connectivity index (χ2v) is 16.4. The van der Waals surface area contributed by atoms with E-state index in [9.17, 15) is 0 Å². The summed E-state index contributed by atoms with van der Waals surface area (Å²) in [6.07, 6.45) is 0. The summed E-state index contributed by atoms with van der Waals surface area (Å²) in [6.45, 7) is 0. The zero-order valence-corrected chi connectivity index (χ0v) is 36.2. The van der Waals surface area contributed by atoms with Crippen LogP contribution in [0.5, 0.6) is 0 Å². The highest BCUT2D eigenvalue weighted by Crippen LogP contribution is 2.37. The van der Waals surface area contributed by atoms with E-state index >= 15 is 0 Å². The number of nitrogens with zero attached hydrogens (tertiary/aromatic N) is 3. The van der Waals surface area contributed by atoms with Crippen LogP contribution in [0.15, 0.2) is 261 Å². The van der Waals surface area contributed by atoms with Gasteiger partial charge in [0.05, 0.1) is 22.8 Å². The van der Waals surface area contributed by atoms with E-state index in [0.717, 1.165) is 95.1 Å². The van der Waals surface area contributed by atoms with Gasteiger partial charge in [0.25, 0.3) is 0 Å². The van der Waals surface area contributed by atoms with Gasteiger partial charge in [0.1, 0.15) is 0 Å². The maximum absolute atomic E-state index is 5.11. The minimum absolute atomic E-state index is 0.704. The molecule has 0 fully saturated rings. The lowest BCUT2D eigenvalue weighted by Crippen LogP contribution is -1.95. The molecule has 0 spiro atoms. The SMILES string of the molecule is c1ccc(-c2ccc(-c3cc(-c4ccc(-c5cc(-c6ccccc6)nc(-c6ccccc6)c5)cc4)cc(-c4ccc(-c5cc(-c6ccccc6)nc(-c6ccccc6)n5)cc4)c3)cc2)cc1. The molecule has 2 aromatic heterocycles. The van der Waals surface area contributed by atoms with Crippen LogP contribution in [-0.4, -0.2) is 15.0 Å². The Labute approximate surface area is 386 Å². The average Bonchev–Trinajstić information content (AvgIpc) is 3.42. The van der Waals surface area contributed by atoms with Crippen molar-refractivity contribution in [1.29, 1.82) is 0 Å². The van der Waals surface area contributed by atoms with Crippen LogP contribution in [0.25, 0.3) is 112 Å². The Kier molecular flexibility index (Phi) is 11.0. The predicted molar refractivity (Wildman–Crippen MR) is 274 cm³/mol. The van der Waals surface area contributed by atoms with Gasteiger partial charge in [0.2, 0.25) is 0 Å². The smallest absolute Gasteiger partial charge is 0.160 e. The van der Waals surface area contributed by atoms with Crippen molar-refractivity contribution in [1.82, 2.24) is 15.0 Å². The van der Waals surface area contributed by atoms with Gasteiger partial charge in [0, 0.05) is 27.8 Å². The molecule has 310 valence electrons. The Morgan fingerprint density at radius 2 is 0.379 bits per heavy atom. The van der Waals surface area contributed by atoms with Gasteiger partial charge >= 0.3 is 0 Å². The molecule has 0 atom stereocenters. The van der Waals surface area contributed by atoms with Gasteiger partial charge in [0.15, 0.2) is 5.82 Å². The van der Waals surface area contributed by atoms with Crippen LogP contribution in [-0.2, 0) is 0 Å². The zero-order valence-electron chi connectivity index (χ0n) is 36.2. The number of hydrogen-bond donors (Lipinski definition) is 0. The maximum atomic E-state index is 5.11. The van der Waals surface area contributed by atoms with Crippen LogP contribution in [0.4, 0.5) is 0 Å². The normalized spacial score (nSPS) is 11.0. The van der Waals surface area contributed by atoms with E-state index in [4.69, 9.17) is 15.0 Å². The van der Waals surface area contributed by atoms with Crippen LogP contribution in [0, 0.1) is 0 Å². The second-order valence-electron chi connectivity index (χ2n) is 16.4. The first-order valence-electron chi connectivity index (χ1n) is 22.3. The summed E-state index contributed by atoms with van der Waals surface area (Å²) in [7, 11) is 0. The Hall–Kier alpha value is -8.79. The molecule has 66 heavy (non-hydrogen) atoms. The van der Waals surface area contributed by atoms with E-state index in [0.29, 0.717) is 5.82 Å². The molecule has 0 aliphatic rings. The van der Waals surface area contributed by atoms with Crippen molar-refractivity contribution in [3.63, 3.8) is 0 Å². The van der Waals surface area contributed by atoms with Gasteiger partial charge in [-0.3, -0.25) is 0 Å². The third-order valence-electron chi connectivity index (χ3n) is 12.1. The molecule has 0 saturated carbocycles. The van der Waals surface area contributed by atoms with E-state index in [1.165, 1.54) is 11.1 Å². The zero-order chi connectivity index (χ0) is 44.1. The highest BCUT2D eigenvalue weighted by molar-refractivity contribution is 5.84. The Morgan fingerprint density at radius 1 is 0.152 bits per heavy atom. The van der Waals surface area contributed by atoms with E-state index in [1.54, 1.807) is 0 Å². The lowest BCUT2D eigenvalue weighted by molar-refractivity contribution is 1.18. The average molecular weight is 842 g/mol. The Morgan fingerprint density at radius 3 is 0.727 bits per heavy atom. The summed E-state index contributed by atoms with van der Waals surface area (Å²) in [5.74, 6) is 0.704. The minimum atomic E-state index is 0.704. The number of benzene rings is 9.